The number of carboxylic acid groups (broad SMARTS) is 1. The van der Waals surface area contributed by atoms with Gasteiger partial charge in [0.15, 0.2) is 5.76 Å². The summed E-state index contributed by atoms with van der Waals surface area (Å²) < 4.78 is 10.8. The number of nitrogens with one attached hydrogen (secondary N) is 1. The number of ether oxygens (including phenoxy) is 1. The number of aromatic nitrogens is 1. The Bertz CT molecular complexity index is 1420. The summed E-state index contributed by atoms with van der Waals surface area (Å²) >= 11 is 12.8. The fraction of sp³-hybridized carbons (Fsp3) is 0.148. The minimum absolute atomic E-state index is 0.0478. The normalized spacial score (nSPS) is 11.7. The topological polar surface area (TPSA) is 102 Å². The van der Waals surface area contributed by atoms with E-state index in [0.717, 1.165) is 11.1 Å². The van der Waals surface area contributed by atoms with Gasteiger partial charge in [0.2, 0.25) is 0 Å². The summed E-state index contributed by atoms with van der Waals surface area (Å²) in [6.45, 7) is 3.41. The standard InChI is InChI=1S/C27H22Cl2N2O5/c1-15(20-5-3-4-6-22(20)28)35-27(34)30-25-16(2)36-31-26(25)19-11-12-21(23(29)14-19)18-9-7-17(8-10-18)13-24(32)33/h3-12,14-15H,13H2,1-2H3,(H,30,34)(H,32,33). The second-order valence-corrected chi connectivity index (χ2v) is 8.93. The molecular formula is C27H22Cl2N2O5. The monoisotopic (exact) mass is 524 g/mol. The first-order chi connectivity index (χ1) is 17.2. The number of anilines is 1. The molecule has 1 atom stereocenters. The zero-order valence-electron chi connectivity index (χ0n) is 19.4. The van der Waals surface area contributed by atoms with Crippen LogP contribution < -0.4 is 5.32 Å². The number of carbonyl (C=O) groups is 2. The molecule has 4 rings (SSSR count). The van der Waals surface area contributed by atoms with E-state index < -0.39 is 18.2 Å². The Morgan fingerprint density at radius 1 is 1.03 bits per heavy atom. The molecule has 1 unspecified atom stereocenters. The number of hydrogen-bond donors (Lipinski definition) is 2. The highest BCUT2D eigenvalue weighted by molar-refractivity contribution is 6.33. The third kappa shape index (κ3) is 5.70. The average Bonchev–Trinajstić information content (AvgIpc) is 3.19. The van der Waals surface area contributed by atoms with Gasteiger partial charge in [0.1, 0.15) is 17.5 Å². The molecule has 1 amide bonds. The van der Waals surface area contributed by atoms with Gasteiger partial charge in [-0.05, 0) is 37.1 Å². The maximum Gasteiger partial charge on any atom is 0.412 e. The Morgan fingerprint density at radius 3 is 2.39 bits per heavy atom. The summed E-state index contributed by atoms with van der Waals surface area (Å²) in [5, 5.41) is 16.7. The van der Waals surface area contributed by atoms with Crippen LogP contribution in [0, 0.1) is 6.92 Å². The molecule has 1 heterocycles. The number of nitrogens with zero attached hydrogens (tertiary/aromatic N) is 1. The number of carboxylic acids is 1. The van der Waals surface area contributed by atoms with E-state index >= 15 is 0 Å². The van der Waals surface area contributed by atoms with Crippen molar-refractivity contribution >= 4 is 41.0 Å². The molecule has 0 bridgehead atoms. The summed E-state index contributed by atoms with van der Waals surface area (Å²) in [5.74, 6) is -0.485. The maximum absolute atomic E-state index is 12.6. The lowest BCUT2D eigenvalue weighted by atomic mass is 10.0. The number of amides is 1. The van der Waals surface area contributed by atoms with Crippen molar-refractivity contribution < 1.29 is 24.0 Å². The van der Waals surface area contributed by atoms with Crippen molar-refractivity contribution in [2.75, 3.05) is 5.32 Å². The Morgan fingerprint density at radius 2 is 1.72 bits per heavy atom. The van der Waals surface area contributed by atoms with Crippen LogP contribution in [0.4, 0.5) is 10.5 Å². The van der Waals surface area contributed by atoms with Crippen LogP contribution in [0.2, 0.25) is 10.0 Å². The molecule has 0 saturated heterocycles. The highest BCUT2D eigenvalue weighted by Crippen LogP contribution is 2.36. The predicted octanol–water partition coefficient (Wildman–Crippen LogP) is 7.56. The molecule has 36 heavy (non-hydrogen) atoms. The van der Waals surface area contributed by atoms with E-state index in [-0.39, 0.29) is 6.42 Å². The highest BCUT2D eigenvalue weighted by Gasteiger charge is 2.21. The van der Waals surface area contributed by atoms with E-state index in [1.807, 2.05) is 30.3 Å². The van der Waals surface area contributed by atoms with Gasteiger partial charge in [-0.2, -0.15) is 0 Å². The Hall–Kier alpha value is -3.81. The molecule has 1 aromatic heterocycles. The van der Waals surface area contributed by atoms with Crippen molar-refractivity contribution in [3.63, 3.8) is 0 Å². The molecule has 0 radical (unpaired) electrons. The lowest BCUT2D eigenvalue weighted by Gasteiger charge is -2.15. The van der Waals surface area contributed by atoms with Gasteiger partial charge in [-0.1, -0.05) is 83.0 Å². The second kappa shape index (κ2) is 10.8. The van der Waals surface area contributed by atoms with Crippen LogP contribution in [0.1, 0.15) is 29.9 Å². The summed E-state index contributed by atoms with van der Waals surface area (Å²) in [5.41, 5.74) is 4.40. The molecule has 4 aromatic rings. The van der Waals surface area contributed by atoms with Crippen molar-refractivity contribution in [2.45, 2.75) is 26.4 Å². The third-order valence-corrected chi connectivity index (χ3v) is 6.24. The highest BCUT2D eigenvalue weighted by atomic mass is 35.5. The van der Waals surface area contributed by atoms with Gasteiger partial charge in [0.25, 0.3) is 0 Å². The Balaban J connectivity index is 1.53. The van der Waals surface area contributed by atoms with E-state index in [9.17, 15) is 9.59 Å². The molecule has 7 nitrogen and oxygen atoms in total. The molecule has 0 fully saturated rings. The van der Waals surface area contributed by atoms with E-state index in [2.05, 4.69) is 10.5 Å². The first-order valence-corrected chi connectivity index (χ1v) is 11.8. The molecular weight excluding hydrogens is 503 g/mol. The van der Waals surface area contributed by atoms with Gasteiger partial charge < -0.3 is 14.4 Å². The maximum atomic E-state index is 12.6. The van der Waals surface area contributed by atoms with Crippen LogP contribution in [0.25, 0.3) is 22.4 Å². The van der Waals surface area contributed by atoms with Gasteiger partial charge in [-0.25, -0.2) is 4.79 Å². The van der Waals surface area contributed by atoms with Crippen LogP contribution in [-0.2, 0) is 16.0 Å². The van der Waals surface area contributed by atoms with Gasteiger partial charge in [-0.3, -0.25) is 10.1 Å². The first kappa shape index (κ1) is 25.3. The number of carbonyl (C=O) groups excluding carboxylic acids is 1. The number of aliphatic carboxylic acids is 1. The molecule has 3 aromatic carbocycles. The molecule has 0 spiro atoms. The fourth-order valence-corrected chi connectivity index (χ4v) is 4.33. The van der Waals surface area contributed by atoms with Crippen LogP contribution in [0.15, 0.2) is 71.3 Å². The fourth-order valence-electron chi connectivity index (χ4n) is 3.75. The van der Waals surface area contributed by atoms with E-state index in [0.29, 0.717) is 43.9 Å². The second-order valence-electron chi connectivity index (χ2n) is 8.12. The van der Waals surface area contributed by atoms with Gasteiger partial charge in [0.05, 0.1) is 6.42 Å². The minimum Gasteiger partial charge on any atom is -0.481 e. The summed E-state index contributed by atoms with van der Waals surface area (Å²) in [7, 11) is 0. The average molecular weight is 525 g/mol. The molecule has 2 N–H and O–H groups in total. The zero-order valence-corrected chi connectivity index (χ0v) is 20.9. The summed E-state index contributed by atoms with van der Waals surface area (Å²) in [6.07, 6.45) is -1.30. The number of benzene rings is 3. The van der Waals surface area contributed by atoms with Crippen molar-refractivity contribution in [3.8, 4) is 22.4 Å². The number of rotatable bonds is 7. The number of aryl methyl sites for hydroxylation is 1. The van der Waals surface area contributed by atoms with Gasteiger partial charge in [0, 0.05) is 26.7 Å². The van der Waals surface area contributed by atoms with Crippen LogP contribution >= 0.6 is 23.2 Å². The van der Waals surface area contributed by atoms with Crippen molar-refractivity contribution in [2.24, 2.45) is 0 Å². The minimum atomic E-state index is -0.889. The summed E-state index contributed by atoms with van der Waals surface area (Å²) in [6, 6.07) is 19.7. The lowest BCUT2D eigenvalue weighted by molar-refractivity contribution is -0.136. The number of halogens is 2. The Labute approximate surface area is 217 Å². The van der Waals surface area contributed by atoms with Gasteiger partial charge >= 0.3 is 12.1 Å². The largest absolute Gasteiger partial charge is 0.481 e. The molecule has 0 aliphatic carbocycles. The quantitative estimate of drug-likeness (QED) is 0.258. The molecule has 0 aliphatic heterocycles. The molecule has 184 valence electrons. The number of hydrogen-bond acceptors (Lipinski definition) is 5. The lowest BCUT2D eigenvalue weighted by Crippen LogP contribution is -2.17. The molecule has 0 saturated carbocycles. The first-order valence-electron chi connectivity index (χ1n) is 11.0. The Kier molecular flexibility index (Phi) is 7.62. The van der Waals surface area contributed by atoms with Crippen LogP contribution in [0.3, 0.4) is 0 Å². The summed E-state index contributed by atoms with van der Waals surface area (Å²) in [4.78, 5) is 23.5. The molecule has 9 heteroatoms. The SMILES string of the molecule is Cc1onc(-c2ccc(-c3ccc(CC(=O)O)cc3)c(Cl)c2)c1NC(=O)OC(C)c1ccccc1Cl. The van der Waals surface area contributed by atoms with Crippen LogP contribution in [-0.4, -0.2) is 22.3 Å². The van der Waals surface area contributed by atoms with Crippen molar-refractivity contribution in [1.29, 1.82) is 0 Å². The van der Waals surface area contributed by atoms with E-state index in [1.165, 1.54) is 0 Å². The molecule has 0 aliphatic rings. The van der Waals surface area contributed by atoms with Crippen molar-refractivity contribution in [3.05, 3.63) is 93.7 Å². The van der Waals surface area contributed by atoms with Crippen molar-refractivity contribution in [1.82, 2.24) is 5.16 Å². The smallest absolute Gasteiger partial charge is 0.412 e. The zero-order chi connectivity index (χ0) is 25.8. The van der Waals surface area contributed by atoms with E-state index in [1.54, 1.807) is 50.2 Å². The van der Waals surface area contributed by atoms with Crippen LogP contribution in [0.5, 0.6) is 0 Å². The van der Waals surface area contributed by atoms with Gasteiger partial charge in [-0.15, -0.1) is 0 Å². The van der Waals surface area contributed by atoms with E-state index in [4.69, 9.17) is 37.6 Å². The third-order valence-electron chi connectivity index (χ3n) is 5.58. The predicted molar refractivity (Wildman–Crippen MR) is 138 cm³/mol.